The van der Waals surface area contributed by atoms with Gasteiger partial charge in [0.2, 0.25) is 5.91 Å². The molecule has 0 atom stereocenters. The Morgan fingerprint density at radius 1 is 1.39 bits per heavy atom. The van der Waals surface area contributed by atoms with E-state index in [1.807, 2.05) is 19.9 Å². The van der Waals surface area contributed by atoms with Crippen molar-refractivity contribution in [3.8, 4) is 0 Å². The van der Waals surface area contributed by atoms with Crippen LogP contribution in [0, 0.1) is 5.92 Å². The minimum absolute atomic E-state index is 0.0121. The Morgan fingerprint density at radius 2 is 2.00 bits per heavy atom. The molecule has 1 heterocycles. The fourth-order valence-electron chi connectivity index (χ4n) is 1.60. The van der Waals surface area contributed by atoms with Gasteiger partial charge in [0.1, 0.15) is 0 Å². The molecule has 1 saturated heterocycles. The van der Waals surface area contributed by atoms with Crippen LogP contribution in [0.2, 0.25) is 0 Å². The SMILES string of the molecule is CC(C)C(C)(C)NC(=O)/C=C/CN1CCOCC1. The number of carbonyl (C=O) groups is 1. The first-order chi connectivity index (χ1) is 8.42. The molecular weight excluding hydrogens is 228 g/mol. The van der Waals surface area contributed by atoms with Crippen LogP contribution in [0.15, 0.2) is 12.2 Å². The molecule has 18 heavy (non-hydrogen) atoms. The third-order valence-electron chi connectivity index (χ3n) is 3.63. The van der Waals surface area contributed by atoms with Crippen LogP contribution in [0.4, 0.5) is 0 Å². The van der Waals surface area contributed by atoms with Crippen LogP contribution in [0.25, 0.3) is 0 Å². The third-order valence-corrected chi connectivity index (χ3v) is 3.63. The van der Waals surface area contributed by atoms with E-state index in [1.165, 1.54) is 0 Å². The molecule has 0 aliphatic carbocycles. The molecule has 1 amide bonds. The van der Waals surface area contributed by atoms with Crippen molar-refractivity contribution in [3.63, 3.8) is 0 Å². The minimum atomic E-state index is -0.166. The highest BCUT2D eigenvalue weighted by Gasteiger charge is 2.23. The molecular formula is C14H26N2O2. The largest absolute Gasteiger partial charge is 0.379 e. The van der Waals surface area contributed by atoms with Crippen LogP contribution < -0.4 is 5.32 Å². The van der Waals surface area contributed by atoms with Gasteiger partial charge in [-0.2, -0.15) is 0 Å². The molecule has 4 nitrogen and oxygen atoms in total. The van der Waals surface area contributed by atoms with Gasteiger partial charge in [-0.15, -0.1) is 0 Å². The zero-order valence-electron chi connectivity index (χ0n) is 12.0. The normalized spacial score (nSPS) is 18.5. The summed E-state index contributed by atoms with van der Waals surface area (Å²) in [6.07, 6.45) is 3.57. The fraction of sp³-hybridized carbons (Fsp3) is 0.786. The Kier molecular flexibility index (Phi) is 5.82. The van der Waals surface area contributed by atoms with Crippen LogP contribution in [0.1, 0.15) is 27.7 Å². The fourth-order valence-corrected chi connectivity index (χ4v) is 1.60. The zero-order chi connectivity index (χ0) is 13.6. The molecule has 0 aromatic carbocycles. The van der Waals surface area contributed by atoms with E-state index in [1.54, 1.807) is 6.08 Å². The average Bonchev–Trinajstić information content (AvgIpc) is 2.29. The van der Waals surface area contributed by atoms with Gasteiger partial charge < -0.3 is 10.1 Å². The summed E-state index contributed by atoms with van der Waals surface area (Å²) in [5, 5.41) is 3.02. The molecule has 0 aromatic rings. The standard InChI is InChI=1S/C14H26N2O2/c1-12(2)14(3,4)15-13(17)6-5-7-16-8-10-18-11-9-16/h5-6,12H,7-11H2,1-4H3,(H,15,17)/b6-5+. The van der Waals surface area contributed by atoms with E-state index in [4.69, 9.17) is 4.74 Å². The van der Waals surface area contributed by atoms with E-state index in [0.29, 0.717) is 5.92 Å². The smallest absolute Gasteiger partial charge is 0.244 e. The van der Waals surface area contributed by atoms with Crippen LogP contribution in [0.3, 0.4) is 0 Å². The number of nitrogens with zero attached hydrogens (tertiary/aromatic N) is 1. The molecule has 1 aliphatic rings. The van der Waals surface area contributed by atoms with Crippen molar-refractivity contribution in [1.82, 2.24) is 10.2 Å². The Balaban J connectivity index is 2.30. The quantitative estimate of drug-likeness (QED) is 0.755. The second-order valence-corrected chi connectivity index (χ2v) is 5.68. The van der Waals surface area contributed by atoms with Crippen molar-refractivity contribution in [2.75, 3.05) is 32.8 Å². The lowest BCUT2D eigenvalue weighted by atomic mass is 9.91. The molecule has 0 bridgehead atoms. The summed E-state index contributed by atoms with van der Waals surface area (Å²) in [7, 11) is 0. The molecule has 1 fully saturated rings. The number of morpholine rings is 1. The van der Waals surface area contributed by atoms with Crippen molar-refractivity contribution in [3.05, 3.63) is 12.2 Å². The molecule has 0 saturated carbocycles. The third kappa shape index (κ3) is 5.19. The lowest BCUT2D eigenvalue weighted by Gasteiger charge is -2.30. The van der Waals surface area contributed by atoms with Gasteiger partial charge >= 0.3 is 0 Å². The maximum Gasteiger partial charge on any atom is 0.244 e. The van der Waals surface area contributed by atoms with Gasteiger partial charge in [0.25, 0.3) is 0 Å². The van der Waals surface area contributed by atoms with Gasteiger partial charge in [-0.1, -0.05) is 19.9 Å². The summed E-state index contributed by atoms with van der Waals surface area (Å²) < 4.78 is 5.27. The second-order valence-electron chi connectivity index (χ2n) is 5.68. The Bertz CT molecular complexity index is 292. The number of hydrogen-bond donors (Lipinski definition) is 1. The topological polar surface area (TPSA) is 41.6 Å². The van der Waals surface area contributed by atoms with Gasteiger partial charge in [0, 0.05) is 31.2 Å². The molecule has 4 heteroatoms. The van der Waals surface area contributed by atoms with Gasteiger partial charge in [-0.25, -0.2) is 0 Å². The number of hydrogen-bond acceptors (Lipinski definition) is 3. The van der Waals surface area contributed by atoms with Crippen molar-refractivity contribution in [2.24, 2.45) is 5.92 Å². The van der Waals surface area contributed by atoms with Crippen molar-refractivity contribution < 1.29 is 9.53 Å². The van der Waals surface area contributed by atoms with Crippen molar-refractivity contribution in [1.29, 1.82) is 0 Å². The molecule has 0 radical (unpaired) electrons. The molecule has 104 valence electrons. The minimum Gasteiger partial charge on any atom is -0.379 e. The maximum absolute atomic E-state index is 11.8. The van der Waals surface area contributed by atoms with Crippen molar-refractivity contribution >= 4 is 5.91 Å². The molecule has 1 aliphatic heterocycles. The lowest BCUT2D eigenvalue weighted by Crippen LogP contribution is -2.46. The van der Waals surface area contributed by atoms with Crippen LogP contribution in [0.5, 0.6) is 0 Å². The highest BCUT2D eigenvalue weighted by molar-refractivity contribution is 5.88. The highest BCUT2D eigenvalue weighted by Crippen LogP contribution is 2.14. The summed E-state index contributed by atoms with van der Waals surface area (Å²) in [6.45, 7) is 12.6. The monoisotopic (exact) mass is 254 g/mol. The molecule has 1 rings (SSSR count). The van der Waals surface area contributed by atoms with Gasteiger partial charge in [-0.05, 0) is 19.8 Å². The predicted octanol–water partition coefficient (Wildman–Crippen LogP) is 1.43. The average molecular weight is 254 g/mol. The Labute approximate surface area is 110 Å². The number of ether oxygens (including phenoxy) is 1. The van der Waals surface area contributed by atoms with Gasteiger partial charge in [0.15, 0.2) is 0 Å². The summed E-state index contributed by atoms with van der Waals surface area (Å²) in [4.78, 5) is 14.0. The first kappa shape index (κ1) is 15.2. The lowest BCUT2D eigenvalue weighted by molar-refractivity contribution is -0.118. The van der Waals surface area contributed by atoms with Crippen LogP contribution >= 0.6 is 0 Å². The van der Waals surface area contributed by atoms with E-state index in [0.717, 1.165) is 32.8 Å². The van der Waals surface area contributed by atoms with Gasteiger partial charge in [-0.3, -0.25) is 9.69 Å². The second kappa shape index (κ2) is 6.90. The van der Waals surface area contributed by atoms with Crippen LogP contribution in [-0.2, 0) is 9.53 Å². The first-order valence-electron chi connectivity index (χ1n) is 6.70. The van der Waals surface area contributed by atoms with E-state index in [-0.39, 0.29) is 11.4 Å². The Morgan fingerprint density at radius 3 is 2.56 bits per heavy atom. The molecule has 0 aromatic heterocycles. The van der Waals surface area contributed by atoms with Gasteiger partial charge in [0.05, 0.1) is 13.2 Å². The first-order valence-corrected chi connectivity index (χ1v) is 6.70. The summed E-state index contributed by atoms with van der Waals surface area (Å²) in [5.41, 5.74) is -0.166. The highest BCUT2D eigenvalue weighted by atomic mass is 16.5. The zero-order valence-corrected chi connectivity index (χ0v) is 12.0. The molecule has 0 unspecified atom stereocenters. The number of rotatable bonds is 5. The van der Waals surface area contributed by atoms with E-state index in [9.17, 15) is 4.79 Å². The summed E-state index contributed by atoms with van der Waals surface area (Å²) in [6, 6.07) is 0. The number of carbonyl (C=O) groups excluding carboxylic acids is 1. The van der Waals surface area contributed by atoms with Crippen LogP contribution in [-0.4, -0.2) is 49.2 Å². The summed E-state index contributed by atoms with van der Waals surface area (Å²) in [5.74, 6) is 0.399. The Hall–Kier alpha value is -0.870. The number of nitrogens with one attached hydrogen (secondary N) is 1. The maximum atomic E-state index is 11.8. The van der Waals surface area contributed by atoms with Crippen molar-refractivity contribution in [2.45, 2.75) is 33.2 Å². The number of amides is 1. The predicted molar refractivity (Wildman–Crippen MR) is 73.5 cm³/mol. The van der Waals surface area contributed by atoms with E-state index in [2.05, 4.69) is 24.1 Å². The molecule has 1 N–H and O–H groups in total. The van der Waals surface area contributed by atoms with E-state index >= 15 is 0 Å². The summed E-state index contributed by atoms with van der Waals surface area (Å²) >= 11 is 0. The van der Waals surface area contributed by atoms with E-state index < -0.39 is 0 Å². The molecule has 0 spiro atoms.